The van der Waals surface area contributed by atoms with Gasteiger partial charge in [0, 0.05) is 33.0 Å². The molecule has 38 heavy (non-hydrogen) atoms. The second kappa shape index (κ2) is 15.5. The molecule has 0 aliphatic heterocycles. The summed E-state index contributed by atoms with van der Waals surface area (Å²) < 4.78 is 9.19. The van der Waals surface area contributed by atoms with E-state index < -0.39 is 0 Å². The summed E-state index contributed by atoms with van der Waals surface area (Å²) in [7, 11) is 2.79. The average molecular weight is 587 g/mol. The highest BCUT2D eigenvalue weighted by Crippen LogP contribution is 2.20. The molecule has 0 bridgehead atoms. The van der Waals surface area contributed by atoms with Gasteiger partial charge < -0.3 is 9.47 Å². The summed E-state index contributed by atoms with van der Waals surface area (Å²) in [5.41, 5.74) is 4.36. The molecule has 0 saturated heterocycles. The van der Waals surface area contributed by atoms with Gasteiger partial charge in [-0.2, -0.15) is 0 Å². The van der Waals surface area contributed by atoms with Crippen LogP contribution < -0.4 is 0 Å². The molecule has 0 atom stereocenters. The van der Waals surface area contributed by atoms with Crippen LogP contribution in [0.4, 0.5) is 0 Å². The van der Waals surface area contributed by atoms with Gasteiger partial charge in [0.2, 0.25) is 0 Å². The van der Waals surface area contributed by atoms with E-state index in [0.717, 1.165) is 45.4 Å². The zero-order valence-electron chi connectivity index (χ0n) is 21.8. The van der Waals surface area contributed by atoms with Crippen molar-refractivity contribution in [3.05, 3.63) is 82.0 Å². The van der Waals surface area contributed by atoms with E-state index in [2.05, 4.69) is 36.3 Å². The van der Waals surface area contributed by atoms with Crippen LogP contribution in [0, 0.1) is 13.8 Å². The van der Waals surface area contributed by atoms with Crippen LogP contribution in [0.2, 0.25) is 0 Å². The molecule has 200 valence electrons. The van der Waals surface area contributed by atoms with Crippen molar-refractivity contribution in [2.45, 2.75) is 39.5 Å². The normalized spacial score (nSPS) is 11.1. The number of aromatic nitrogens is 2. The number of ether oxygens (including phenoxy) is 2. The minimum absolute atomic E-state index is 0.148. The summed E-state index contributed by atoms with van der Waals surface area (Å²) in [5.74, 6) is -0.494. The fourth-order valence-corrected chi connectivity index (χ4v) is 6.14. The van der Waals surface area contributed by atoms with E-state index >= 15 is 0 Å². The lowest BCUT2D eigenvalue weighted by atomic mass is 10.1. The molecule has 4 aromatic heterocycles. The fourth-order valence-electron chi connectivity index (χ4n) is 3.21. The van der Waals surface area contributed by atoms with Crippen molar-refractivity contribution in [2.75, 3.05) is 14.2 Å². The van der Waals surface area contributed by atoms with E-state index in [1.807, 2.05) is 42.8 Å². The number of carbonyl (C=O) groups excluding carboxylic acids is 2. The number of carbonyl (C=O) groups is 2. The van der Waals surface area contributed by atoms with E-state index in [4.69, 9.17) is 0 Å². The van der Waals surface area contributed by atoms with Gasteiger partial charge in [-0.05, 0) is 85.4 Å². The molecule has 6 nitrogen and oxygen atoms in total. The highest BCUT2D eigenvalue weighted by Gasteiger charge is 2.06. The maximum absolute atomic E-state index is 11.1. The lowest BCUT2D eigenvalue weighted by Gasteiger charge is -1.97. The van der Waals surface area contributed by atoms with Crippen molar-refractivity contribution < 1.29 is 19.1 Å². The molecule has 10 heteroatoms. The van der Waals surface area contributed by atoms with Crippen LogP contribution in [0.25, 0.3) is 18.2 Å². The van der Waals surface area contributed by atoms with Crippen molar-refractivity contribution in [2.24, 2.45) is 0 Å². The average Bonchev–Trinajstić information content (AvgIpc) is 3.72. The van der Waals surface area contributed by atoms with Crippen LogP contribution in [0.15, 0.2) is 39.7 Å². The number of aryl methyl sites for hydroxylation is 5. The number of esters is 2. The fraction of sp³-hybridized carbons (Fsp3) is 0.286. The molecule has 0 amide bonds. The topological polar surface area (TPSA) is 78.4 Å². The van der Waals surface area contributed by atoms with Crippen LogP contribution in [0.1, 0.15) is 48.7 Å². The van der Waals surface area contributed by atoms with Gasteiger partial charge in [-0.1, -0.05) is 0 Å². The van der Waals surface area contributed by atoms with Crippen LogP contribution in [-0.4, -0.2) is 36.1 Å². The number of thiophene rings is 2. The Balaban J connectivity index is 0.000000211. The van der Waals surface area contributed by atoms with E-state index in [9.17, 15) is 9.59 Å². The Morgan fingerprint density at radius 3 is 2.29 bits per heavy atom. The standard InChI is InChI=1S/C14H17NO2S2.C14H13NO2S2/c2*1-10-15-12(9-18-10)4-5-13-7-11(8-19-13)3-6-14(16)17-2/h7-9H,3-6H2,1-2H3;3-9H,1-2H3/b;5-4?,6-3+. The predicted octanol–water partition coefficient (Wildman–Crippen LogP) is 7.27. The Morgan fingerprint density at radius 1 is 0.816 bits per heavy atom. The first-order chi connectivity index (χ1) is 18.3. The molecule has 0 aliphatic rings. The molecule has 4 heterocycles. The molecule has 0 saturated carbocycles. The van der Waals surface area contributed by atoms with Gasteiger partial charge in [0.05, 0.1) is 35.6 Å². The van der Waals surface area contributed by atoms with Crippen molar-refractivity contribution in [3.63, 3.8) is 0 Å². The van der Waals surface area contributed by atoms with Crippen LogP contribution >= 0.6 is 45.3 Å². The van der Waals surface area contributed by atoms with Crippen molar-refractivity contribution in [1.82, 2.24) is 9.97 Å². The lowest BCUT2D eigenvalue weighted by molar-refractivity contribution is -0.140. The van der Waals surface area contributed by atoms with Gasteiger partial charge in [-0.15, -0.1) is 45.3 Å². The molecule has 0 spiro atoms. The largest absolute Gasteiger partial charge is 0.469 e. The van der Waals surface area contributed by atoms with Crippen molar-refractivity contribution in [1.29, 1.82) is 0 Å². The highest BCUT2D eigenvalue weighted by atomic mass is 32.1. The van der Waals surface area contributed by atoms with Crippen LogP contribution in [0.5, 0.6) is 0 Å². The minimum atomic E-state index is -0.346. The van der Waals surface area contributed by atoms with Gasteiger partial charge in [-0.3, -0.25) is 4.79 Å². The van der Waals surface area contributed by atoms with Crippen molar-refractivity contribution >= 4 is 75.5 Å². The van der Waals surface area contributed by atoms with E-state index in [-0.39, 0.29) is 11.9 Å². The molecule has 0 N–H and O–H groups in total. The molecule has 0 radical (unpaired) electrons. The number of methoxy groups -OCH3 is 2. The zero-order valence-corrected chi connectivity index (χ0v) is 25.0. The van der Waals surface area contributed by atoms with Gasteiger partial charge in [-0.25, -0.2) is 14.8 Å². The molecule has 0 unspecified atom stereocenters. The Labute approximate surface area is 239 Å². The third-order valence-corrected chi connectivity index (χ3v) is 8.73. The quantitative estimate of drug-likeness (QED) is 0.144. The zero-order chi connectivity index (χ0) is 27.3. The Morgan fingerprint density at radius 2 is 1.61 bits per heavy atom. The minimum Gasteiger partial charge on any atom is -0.469 e. The van der Waals surface area contributed by atoms with Gasteiger partial charge in [0.1, 0.15) is 0 Å². The summed E-state index contributed by atoms with van der Waals surface area (Å²) in [6, 6.07) is 4.20. The van der Waals surface area contributed by atoms with Gasteiger partial charge in [0.15, 0.2) is 0 Å². The maximum Gasteiger partial charge on any atom is 0.330 e. The summed E-state index contributed by atoms with van der Waals surface area (Å²) in [6.45, 7) is 4.02. The van der Waals surface area contributed by atoms with Crippen LogP contribution in [0.3, 0.4) is 0 Å². The summed E-state index contributed by atoms with van der Waals surface area (Å²) in [6.07, 6.45) is 10.4. The monoisotopic (exact) mass is 586 g/mol. The number of rotatable bonds is 10. The third-order valence-electron chi connectivity index (χ3n) is 5.16. The van der Waals surface area contributed by atoms with Crippen molar-refractivity contribution in [3.8, 4) is 0 Å². The second-order valence-electron chi connectivity index (χ2n) is 8.12. The number of nitrogens with zero attached hydrogens (tertiary/aromatic N) is 2. The summed E-state index contributed by atoms with van der Waals surface area (Å²) >= 11 is 6.72. The van der Waals surface area contributed by atoms with Gasteiger partial charge >= 0.3 is 11.9 Å². The number of thiazole rings is 2. The Kier molecular flexibility index (Phi) is 12.1. The molecule has 0 fully saturated rings. The first-order valence-corrected chi connectivity index (χ1v) is 15.4. The first kappa shape index (κ1) is 29.6. The number of hydrogen-bond acceptors (Lipinski definition) is 10. The Hall–Kier alpha value is -2.92. The Bertz CT molecular complexity index is 1380. The van der Waals surface area contributed by atoms with Gasteiger partial charge in [0.25, 0.3) is 0 Å². The summed E-state index contributed by atoms with van der Waals surface area (Å²) in [5, 5.41) is 10.5. The van der Waals surface area contributed by atoms with E-state index in [0.29, 0.717) is 6.42 Å². The molecule has 0 aliphatic carbocycles. The second-order valence-corrected chi connectivity index (χ2v) is 12.2. The third kappa shape index (κ3) is 10.4. The SMILES string of the molecule is COC(=O)/C=C/c1csc(C=Cc2csc(C)n2)c1.COC(=O)CCc1csc(CCc2csc(C)n2)c1. The molecule has 4 rings (SSSR count). The molecule has 0 aromatic carbocycles. The highest BCUT2D eigenvalue weighted by molar-refractivity contribution is 7.11. The molecular weight excluding hydrogens is 557 g/mol. The van der Waals surface area contributed by atoms with E-state index in [1.165, 1.54) is 36.4 Å². The number of hydrogen-bond donors (Lipinski definition) is 0. The predicted molar refractivity (Wildman–Crippen MR) is 160 cm³/mol. The molecular formula is C28H30N2O4S4. The maximum atomic E-state index is 11.1. The first-order valence-electron chi connectivity index (χ1n) is 11.8. The summed E-state index contributed by atoms with van der Waals surface area (Å²) in [4.78, 5) is 33.4. The van der Waals surface area contributed by atoms with Crippen LogP contribution in [-0.2, 0) is 38.3 Å². The van der Waals surface area contributed by atoms with E-state index in [1.54, 1.807) is 51.4 Å². The smallest absolute Gasteiger partial charge is 0.330 e. The lowest BCUT2D eigenvalue weighted by Crippen LogP contribution is -2.01. The molecule has 4 aromatic rings.